The molecule has 0 aliphatic rings. The number of amides is 1. The number of aromatic nitrogens is 1. The first-order valence-electron chi connectivity index (χ1n) is 9.84. The highest BCUT2D eigenvalue weighted by Crippen LogP contribution is 2.31. The maximum absolute atomic E-state index is 13.0. The first-order chi connectivity index (χ1) is 13.9. The molecule has 1 N–H and O–H groups in total. The van der Waals surface area contributed by atoms with Crippen LogP contribution in [0.3, 0.4) is 0 Å². The lowest BCUT2D eigenvalue weighted by atomic mass is 10.2. The summed E-state index contributed by atoms with van der Waals surface area (Å²) in [5.74, 6) is 0.520. The van der Waals surface area contributed by atoms with E-state index in [-0.39, 0.29) is 23.7 Å². The average molecular weight is 377 g/mol. The number of carbonyl (C=O) groups excluding carboxylic acids is 1. The molecule has 1 amide bonds. The van der Waals surface area contributed by atoms with Gasteiger partial charge in [-0.1, -0.05) is 12.1 Å². The molecule has 7 heteroatoms. The van der Waals surface area contributed by atoms with Crippen LogP contribution in [0.1, 0.15) is 36.1 Å². The highest BCUT2D eigenvalue weighted by atomic mass is 16.6. The topological polar surface area (TPSA) is 81.1 Å². The third-order valence-electron chi connectivity index (χ3n) is 3.58. The van der Waals surface area contributed by atoms with Crippen molar-refractivity contribution < 1.29 is 28.2 Å². The predicted octanol–water partition coefficient (Wildman–Crippen LogP) is 3.53. The smallest absolute Gasteiger partial charge is 0.415 e. The van der Waals surface area contributed by atoms with Crippen LogP contribution in [0, 0.1) is 0 Å². The molecule has 27 heavy (non-hydrogen) atoms. The number of carbonyl (C=O) groups is 1. The van der Waals surface area contributed by atoms with Crippen molar-refractivity contribution in [1.29, 1.82) is 0 Å². The summed E-state index contributed by atoms with van der Waals surface area (Å²) >= 11 is 0. The van der Waals surface area contributed by atoms with Crippen LogP contribution in [0.4, 0.5) is 10.5 Å². The van der Waals surface area contributed by atoms with E-state index in [0.717, 1.165) is 5.56 Å². The van der Waals surface area contributed by atoms with E-state index in [2.05, 4.69) is 4.98 Å². The van der Waals surface area contributed by atoms with Gasteiger partial charge in [0, 0.05) is 0 Å². The van der Waals surface area contributed by atoms with Gasteiger partial charge in [0.25, 0.3) is 0 Å². The number of ether oxygens (including phenoxy) is 3. The Hall–Kier alpha value is -2.80. The molecule has 1 aromatic carbocycles. The van der Waals surface area contributed by atoms with E-state index in [9.17, 15) is 9.90 Å². The zero-order chi connectivity index (χ0) is 22.5. The quantitative estimate of drug-likeness (QED) is 0.829. The minimum atomic E-state index is -2.75. The van der Waals surface area contributed by atoms with Crippen LogP contribution in [-0.2, 0) is 17.9 Å². The summed E-state index contributed by atoms with van der Waals surface area (Å²) < 4.78 is 37.9. The van der Waals surface area contributed by atoms with Gasteiger partial charge in [0.2, 0.25) is 0 Å². The van der Waals surface area contributed by atoms with Crippen molar-refractivity contribution in [3.8, 4) is 11.5 Å². The first kappa shape index (κ1) is 16.4. The van der Waals surface area contributed by atoms with Gasteiger partial charge in [0.05, 0.1) is 49.0 Å². The fourth-order valence-corrected chi connectivity index (χ4v) is 2.33. The number of nitrogens with zero attached hydrogens (tertiary/aromatic N) is 2. The number of hydrogen-bond donors (Lipinski definition) is 1. The molecule has 0 radical (unpaired) electrons. The molecule has 0 aliphatic carbocycles. The summed E-state index contributed by atoms with van der Waals surface area (Å²) in [4.78, 5) is 18.2. The second-order valence-corrected chi connectivity index (χ2v) is 6.82. The van der Waals surface area contributed by atoms with Gasteiger partial charge in [-0.05, 0) is 44.5 Å². The molecular weight excluding hydrogens is 348 g/mol. The Bertz CT molecular complexity index is 864. The zero-order valence-corrected chi connectivity index (χ0v) is 15.9. The van der Waals surface area contributed by atoms with E-state index in [1.807, 2.05) is 0 Å². The monoisotopic (exact) mass is 377 g/mol. The molecular formula is C20H26N2O5. The van der Waals surface area contributed by atoms with Crippen molar-refractivity contribution in [1.82, 2.24) is 4.98 Å². The minimum absolute atomic E-state index is 0.0607. The number of pyridine rings is 1. The summed E-state index contributed by atoms with van der Waals surface area (Å²) in [6.45, 7) is 4.84. The molecule has 0 unspecified atom stereocenters. The summed E-state index contributed by atoms with van der Waals surface area (Å²) in [6, 6.07) is 8.43. The van der Waals surface area contributed by atoms with Crippen LogP contribution < -0.4 is 14.4 Å². The lowest BCUT2D eigenvalue weighted by molar-refractivity contribution is 0.0576. The Kier molecular flexibility index (Phi) is 5.29. The fourth-order valence-electron chi connectivity index (χ4n) is 2.33. The Morgan fingerprint density at radius 3 is 2.52 bits per heavy atom. The van der Waals surface area contributed by atoms with Crippen molar-refractivity contribution in [2.24, 2.45) is 0 Å². The Morgan fingerprint density at radius 2 is 1.96 bits per heavy atom. The largest absolute Gasteiger partial charge is 0.497 e. The van der Waals surface area contributed by atoms with Crippen LogP contribution in [0.2, 0.25) is 0 Å². The van der Waals surface area contributed by atoms with Gasteiger partial charge in [-0.25, -0.2) is 4.79 Å². The average Bonchev–Trinajstić information content (AvgIpc) is 2.64. The van der Waals surface area contributed by atoms with E-state index >= 15 is 0 Å². The van der Waals surface area contributed by atoms with Crippen molar-refractivity contribution in [2.45, 2.75) is 39.5 Å². The number of methoxy groups -OCH3 is 2. The predicted molar refractivity (Wildman–Crippen MR) is 102 cm³/mol. The second-order valence-electron chi connectivity index (χ2n) is 6.82. The van der Waals surface area contributed by atoms with Crippen LogP contribution in [0.15, 0.2) is 36.5 Å². The molecule has 0 bridgehead atoms. The third kappa shape index (κ3) is 5.59. The molecule has 0 saturated heterocycles. The zero-order valence-electron chi connectivity index (χ0n) is 18.9. The highest BCUT2D eigenvalue weighted by Gasteiger charge is 2.26. The maximum Gasteiger partial charge on any atom is 0.415 e. The summed E-state index contributed by atoms with van der Waals surface area (Å²) in [7, 11) is -1.20. The van der Waals surface area contributed by atoms with Gasteiger partial charge in [-0.15, -0.1) is 0 Å². The van der Waals surface area contributed by atoms with E-state index in [1.165, 1.54) is 17.2 Å². The molecule has 0 fully saturated rings. The number of anilines is 1. The van der Waals surface area contributed by atoms with Crippen LogP contribution in [-0.4, -0.2) is 35.9 Å². The van der Waals surface area contributed by atoms with Gasteiger partial charge in [0.15, 0.2) is 5.75 Å². The molecule has 0 aliphatic heterocycles. The van der Waals surface area contributed by atoms with Gasteiger partial charge in [-0.3, -0.25) is 9.88 Å². The van der Waals surface area contributed by atoms with E-state index in [0.29, 0.717) is 5.75 Å². The van der Waals surface area contributed by atoms with Crippen LogP contribution >= 0.6 is 0 Å². The van der Waals surface area contributed by atoms with Crippen molar-refractivity contribution in [2.75, 3.05) is 19.0 Å². The molecule has 0 atom stereocenters. The summed E-state index contributed by atoms with van der Waals surface area (Å²) in [6.07, 6.45) is 0.461. The standard InChI is InChI=1S/C20H26N2O5/c1-20(2,3)27-19(24)22(12-14-6-8-16(25-4)9-7-14)17-10-15(13-23)21-11-18(17)26-5/h6-11,23H,12-13H2,1-5H3/i5D3. The molecule has 1 aromatic heterocycles. The fraction of sp³-hybridized carbons (Fsp3) is 0.400. The van der Waals surface area contributed by atoms with Crippen LogP contribution in [0.5, 0.6) is 11.5 Å². The van der Waals surface area contributed by atoms with E-state index in [1.54, 1.807) is 52.1 Å². The number of aliphatic hydroxyl groups excluding tert-OH is 1. The SMILES string of the molecule is [2H]C([2H])([2H])Oc1cnc(CO)cc1N(Cc1ccc(OC)cc1)C(=O)OC(C)(C)C. The van der Waals surface area contributed by atoms with Gasteiger partial charge >= 0.3 is 6.09 Å². The number of aliphatic hydroxyl groups is 1. The minimum Gasteiger partial charge on any atom is -0.497 e. The third-order valence-corrected chi connectivity index (χ3v) is 3.58. The van der Waals surface area contributed by atoms with Gasteiger partial charge in [0.1, 0.15) is 11.4 Å². The van der Waals surface area contributed by atoms with Gasteiger partial charge < -0.3 is 19.3 Å². The molecule has 2 aromatic rings. The molecule has 146 valence electrons. The maximum atomic E-state index is 13.0. The number of rotatable bonds is 6. The lowest BCUT2D eigenvalue weighted by Gasteiger charge is -2.28. The second kappa shape index (κ2) is 8.73. The number of benzene rings is 1. The van der Waals surface area contributed by atoms with Crippen molar-refractivity contribution in [3.05, 3.63) is 47.8 Å². The molecule has 0 spiro atoms. The van der Waals surface area contributed by atoms with Crippen molar-refractivity contribution in [3.63, 3.8) is 0 Å². The first-order valence-corrected chi connectivity index (χ1v) is 8.34. The van der Waals surface area contributed by atoms with Crippen LogP contribution in [0.25, 0.3) is 0 Å². The highest BCUT2D eigenvalue weighted by molar-refractivity contribution is 5.89. The molecule has 1 heterocycles. The summed E-state index contributed by atoms with van der Waals surface area (Å²) in [5, 5.41) is 9.48. The summed E-state index contributed by atoms with van der Waals surface area (Å²) in [5.41, 5.74) is 0.318. The van der Waals surface area contributed by atoms with E-state index in [4.69, 9.17) is 18.3 Å². The lowest BCUT2D eigenvalue weighted by Crippen LogP contribution is -2.36. The van der Waals surface area contributed by atoms with Crippen molar-refractivity contribution >= 4 is 11.8 Å². The normalized spacial score (nSPS) is 13.1. The Balaban J connectivity index is 2.52. The van der Waals surface area contributed by atoms with E-state index < -0.39 is 25.3 Å². The number of hydrogen-bond acceptors (Lipinski definition) is 6. The molecule has 0 saturated carbocycles. The molecule has 7 nitrogen and oxygen atoms in total. The molecule has 2 rings (SSSR count). The Morgan fingerprint density at radius 1 is 1.26 bits per heavy atom. The Labute approximate surface area is 163 Å². The van der Waals surface area contributed by atoms with Gasteiger partial charge in [-0.2, -0.15) is 0 Å².